The van der Waals surface area contributed by atoms with Crippen LogP contribution in [0, 0.1) is 5.41 Å². The monoisotopic (exact) mass is 516 g/mol. The highest BCUT2D eigenvalue weighted by Crippen LogP contribution is 2.37. The van der Waals surface area contributed by atoms with Crippen molar-refractivity contribution in [2.45, 2.75) is 44.2 Å². The molecule has 0 unspecified atom stereocenters. The van der Waals surface area contributed by atoms with Crippen LogP contribution in [0.3, 0.4) is 0 Å². The molecule has 192 valence electrons. The molecule has 1 saturated carbocycles. The van der Waals surface area contributed by atoms with Crippen molar-refractivity contribution < 1.29 is 9.53 Å². The molecular formula is C28H32N6O2S. The standard InChI is InChI=1S/C28H32N6O2S/c29-14-21-22(30)12-18(19-4-3-5-23-20(19)6-9-31-23)13-24(21)33-27(35)25-16-37-26(32-25)15-34-10-11-36-28(17-34)7-1-2-8-28/h3-5,12-14,16,29,31H,1-2,6-11,15,17,30H2,(H,33,35). The highest BCUT2D eigenvalue weighted by atomic mass is 32.1. The third-order valence-electron chi connectivity index (χ3n) is 7.77. The van der Waals surface area contributed by atoms with Crippen molar-refractivity contribution in [1.82, 2.24) is 9.88 Å². The van der Waals surface area contributed by atoms with Gasteiger partial charge in [0.1, 0.15) is 10.7 Å². The van der Waals surface area contributed by atoms with Gasteiger partial charge in [0.2, 0.25) is 0 Å². The first kappa shape index (κ1) is 24.1. The Morgan fingerprint density at radius 2 is 2.19 bits per heavy atom. The van der Waals surface area contributed by atoms with E-state index in [0.717, 1.165) is 73.9 Å². The Morgan fingerprint density at radius 1 is 1.32 bits per heavy atom. The second-order valence-corrected chi connectivity index (χ2v) is 11.2. The molecule has 1 saturated heterocycles. The molecule has 3 aliphatic rings. The summed E-state index contributed by atoms with van der Waals surface area (Å²) < 4.78 is 6.15. The third kappa shape index (κ3) is 4.74. The number of fused-ring (bicyclic) bond motifs is 1. The number of benzene rings is 2. The average molecular weight is 517 g/mol. The fourth-order valence-corrected chi connectivity index (χ4v) is 6.77. The zero-order valence-corrected chi connectivity index (χ0v) is 21.6. The zero-order chi connectivity index (χ0) is 25.4. The Labute approximate surface area is 220 Å². The number of hydrogen-bond acceptors (Lipinski definition) is 8. The Bertz CT molecular complexity index is 1350. The van der Waals surface area contributed by atoms with Crippen molar-refractivity contribution in [1.29, 1.82) is 5.41 Å². The van der Waals surface area contributed by atoms with E-state index in [0.29, 0.717) is 22.6 Å². The molecule has 1 amide bonds. The molecule has 2 fully saturated rings. The summed E-state index contributed by atoms with van der Waals surface area (Å²) in [7, 11) is 0. The van der Waals surface area contributed by atoms with Gasteiger partial charge in [0, 0.05) is 48.2 Å². The predicted molar refractivity (Wildman–Crippen MR) is 149 cm³/mol. The number of morpholine rings is 1. The molecule has 5 N–H and O–H groups in total. The Morgan fingerprint density at radius 3 is 3.03 bits per heavy atom. The molecule has 2 aliphatic heterocycles. The van der Waals surface area contributed by atoms with Gasteiger partial charge in [-0.15, -0.1) is 11.3 Å². The number of ether oxygens (including phenoxy) is 1. The lowest BCUT2D eigenvalue weighted by atomic mass is 9.95. The summed E-state index contributed by atoms with van der Waals surface area (Å²) in [6, 6.07) is 9.96. The minimum atomic E-state index is -0.295. The predicted octanol–water partition coefficient (Wildman–Crippen LogP) is 4.76. The fourth-order valence-electron chi connectivity index (χ4n) is 5.96. The molecular weight excluding hydrogens is 484 g/mol. The van der Waals surface area contributed by atoms with Crippen LogP contribution in [0.4, 0.5) is 17.1 Å². The van der Waals surface area contributed by atoms with E-state index >= 15 is 0 Å². The van der Waals surface area contributed by atoms with Gasteiger partial charge in [-0.3, -0.25) is 9.69 Å². The first-order chi connectivity index (χ1) is 18.0. The van der Waals surface area contributed by atoms with E-state index in [1.165, 1.54) is 36.0 Å². The number of amides is 1. The van der Waals surface area contributed by atoms with Crippen molar-refractivity contribution in [3.63, 3.8) is 0 Å². The van der Waals surface area contributed by atoms with E-state index in [-0.39, 0.29) is 11.5 Å². The number of hydrogen-bond donors (Lipinski definition) is 4. The molecule has 2 aromatic carbocycles. The van der Waals surface area contributed by atoms with Crippen molar-refractivity contribution in [2.24, 2.45) is 0 Å². The zero-order valence-electron chi connectivity index (χ0n) is 20.8. The SMILES string of the molecule is N=Cc1c(N)cc(-c2cccc3c2CCN3)cc1NC(=O)c1csc(CN2CCOC3(CCCC3)C2)n1. The highest BCUT2D eigenvalue weighted by molar-refractivity contribution is 7.09. The summed E-state index contributed by atoms with van der Waals surface area (Å²) in [5.41, 5.74) is 12.6. The van der Waals surface area contributed by atoms with E-state index in [1.807, 2.05) is 23.6 Å². The van der Waals surface area contributed by atoms with Crippen LogP contribution in [-0.4, -0.2) is 53.8 Å². The van der Waals surface area contributed by atoms with Gasteiger partial charge in [0.25, 0.3) is 5.91 Å². The normalized spacial score (nSPS) is 18.5. The highest BCUT2D eigenvalue weighted by Gasteiger charge is 2.39. The number of aromatic nitrogens is 1. The topological polar surface area (TPSA) is 116 Å². The van der Waals surface area contributed by atoms with Crippen LogP contribution >= 0.6 is 11.3 Å². The summed E-state index contributed by atoms with van der Waals surface area (Å²) >= 11 is 1.51. The van der Waals surface area contributed by atoms with Crippen LogP contribution in [0.2, 0.25) is 0 Å². The lowest BCUT2D eigenvalue weighted by molar-refractivity contribution is -0.107. The van der Waals surface area contributed by atoms with E-state index in [1.54, 1.807) is 0 Å². The van der Waals surface area contributed by atoms with E-state index < -0.39 is 0 Å². The summed E-state index contributed by atoms with van der Waals surface area (Å²) in [6.45, 7) is 4.20. The summed E-state index contributed by atoms with van der Waals surface area (Å²) in [6.07, 6.45) is 6.87. The number of anilines is 3. The Balaban J connectivity index is 1.20. The average Bonchev–Trinajstić information content (AvgIpc) is 3.65. The quantitative estimate of drug-likeness (QED) is 0.277. The number of nitrogens with one attached hydrogen (secondary N) is 3. The van der Waals surface area contributed by atoms with E-state index in [2.05, 4.69) is 32.7 Å². The van der Waals surface area contributed by atoms with Gasteiger partial charge in [-0.25, -0.2) is 4.98 Å². The van der Waals surface area contributed by atoms with Crippen LogP contribution in [0.15, 0.2) is 35.7 Å². The maximum Gasteiger partial charge on any atom is 0.275 e. The molecule has 0 bridgehead atoms. The molecule has 1 aromatic heterocycles. The molecule has 0 atom stereocenters. The molecule has 6 rings (SSSR count). The molecule has 1 aliphatic carbocycles. The van der Waals surface area contributed by atoms with Crippen LogP contribution in [0.25, 0.3) is 11.1 Å². The maximum atomic E-state index is 13.2. The van der Waals surface area contributed by atoms with Gasteiger partial charge in [-0.1, -0.05) is 25.0 Å². The molecule has 9 heteroatoms. The molecule has 0 radical (unpaired) electrons. The van der Waals surface area contributed by atoms with Crippen molar-refractivity contribution in [3.8, 4) is 11.1 Å². The smallest absolute Gasteiger partial charge is 0.275 e. The number of thiazole rings is 1. The fraction of sp³-hybridized carbons (Fsp3) is 0.393. The number of nitrogen functional groups attached to an aromatic ring is 1. The van der Waals surface area contributed by atoms with Crippen LogP contribution < -0.4 is 16.4 Å². The van der Waals surface area contributed by atoms with Gasteiger partial charge in [-0.05, 0) is 54.2 Å². The largest absolute Gasteiger partial charge is 0.398 e. The molecule has 8 nitrogen and oxygen atoms in total. The lowest BCUT2D eigenvalue weighted by Crippen LogP contribution is -2.49. The molecule has 3 heterocycles. The van der Waals surface area contributed by atoms with E-state index in [4.69, 9.17) is 15.9 Å². The second kappa shape index (κ2) is 9.89. The van der Waals surface area contributed by atoms with Crippen LogP contribution in [0.1, 0.15) is 52.3 Å². The Hall–Kier alpha value is -3.27. The number of nitrogens with zero attached hydrogens (tertiary/aromatic N) is 2. The van der Waals surface area contributed by atoms with Gasteiger partial charge < -0.3 is 26.5 Å². The summed E-state index contributed by atoms with van der Waals surface area (Å²) in [5, 5.41) is 17.0. The molecule has 1 spiro atoms. The van der Waals surface area contributed by atoms with Gasteiger partial charge in [0.15, 0.2) is 0 Å². The van der Waals surface area contributed by atoms with Crippen molar-refractivity contribution in [3.05, 3.63) is 57.5 Å². The molecule has 3 aromatic rings. The summed E-state index contributed by atoms with van der Waals surface area (Å²) in [4.78, 5) is 20.3. The number of carbonyl (C=O) groups excluding carboxylic acids is 1. The van der Waals surface area contributed by atoms with E-state index in [9.17, 15) is 4.79 Å². The maximum absolute atomic E-state index is 13.2. The third-order valence-corrected chi connectivity index (χ3v) is 8.60. The first-order valence-corrected chi connectivity index (χ1v) is 13.8. The van der Waals surface area contributed by atoms with Crippen molar-refractivity contribution >= 4 is 40.5 Å². The first-order valence-electron chi connectivity index (χ1n) is 13.0. The summed E-state index contributed by atoms with van der Waals surface area (Å²) in [5.74, 6) is -0.295. The number of rotatable bonds is 6. The Kier molecular flexibility index (Phi) is 6.44. The van der Waals surface area contributed by atoms with Gasteiger partial charge >= 0.3 is 0 Å². The number of nitrogens with two attached hydrogens (primary N) is 1. The lowest BCUT2D eigenvalue weighted by Gasteiger charge is -2.40. The van der Waals surface area contributed by atoms with Gasteiger partial charge in [-0.2, -0.15) is 0 Å². The van der Waals surface area contributed by atoms with Crippen molar-refractivity contribution in [2.75, 3.05) is 42.6 Å². The number of carbonyl (C=O) groups is 1. The van der Waals surface area contributed by atoms with Crippen LogP contribution in [0.5, 0.6) is 0 Å². The minimum absolute atomic E-state index is 0.0127. The molecule has 37 heavy (non-hydrogen) atoms. The minimum Gasteiger partial charge on any atom is -0.398 e. The van der Waals surface area contributed by atoms with Gasteiger partial charge in [0.05, 0.1) is 24.4 Å². The second-order valence-electron chi connectivity index (χ2n) is 10.2. The van der Waals surface area contributed by atoms with Crippen LogP contribution in [-0.2, 0) is 17.7 Å².